The van der Waals surface area contributed by atoms with Crippen LogP contribution in [0, 0.1) is 6.92 Å². The molecule has 158 valence electrons. The molecule has 0 fully saturated rings. The highest BCUT2D eigenvalue weighted by atomic mass is 35.5. The Balaban J connectivity index is 1.50. The fourth-order valence-electron chi connectivity index (χ4n) is 2.86. The average Bonchev–Trinajstić information content (AvgIpc) is 3.20. The first-order chi connectivity index (χ1) is 14.9. The Morgan fingerprint density at radius 3 is 2.71 bits per heavy atom. The fraction of sp³-hybridized carbons (Fsp3) is 0.143. The zero-order valence-electron chi connectivity index (χ0n) is 16.7. The van der Waals surface area contributed by atoms with E-state index in [1.165, 1.54) is 21.9 Å². The van der Waals surface area contributed by atoms with E-state index in [4.69, 9.17) is 16.3 Å². The molecule has 0 aliphatic rings. The van der Waals surface area contributed by atoms with E-state index in [-0.39, 0.29) is 12.1 Å². The Hall–Kier alpha value is -3.43. The van der Waals surface area contributed by atoms with Crippen LogP contribution in [0.3, 0.4) is 0 Å². The Kier molecular flexibility index (Phi) is 5.88. The zero-order valence-corrected chi connectivity index (χ0v) is 18.3. The smallest absolute Gasteiger partial charge is 0.319 e. The van der Waals surface area contributed by atoms with Crippen LogP contribution in [0.2, 0.25) is 5.02 Å². The number of anilines is 1. The van der Waals surface area contributed by atoms with E-state index in [1.807, 2.05) is 37.3 Å². The fourth-order valence-corrected chi connectivity index (χ4v) is 3.96. The van der Waals surface area contributed by atoms with Crippen LogP contribution in [0.4, 0.5) is 10.5 Å². The van der Waals surface area contributed by atoms with Crippen molar-refractivity contribution >= 4 is 39.6 Å². The lowest BCUT2D eigenvalue weighted by Crippen LogP contribution is -2.29. The summed E-state index contributed by atoms with van der Waals surface area (Å²) in [5, 5.41) is 11.0. The SMILES string of the molecule is COc1ccc(-c2nn3c(=O)cc(CNC(=O)Nc4cc(Cl)ccc4C)nc3s2)cc1. The van der Waals surface area contributed by atoms with Gasteiger partial charge in [-0.05, 0) is 48.9 Å². The van der Waals surface area contributed by atoms with Gasteiger partial charge in [0.15, 0.2) is 0 Å². The summed E-state index contributed by atoms with van der Waals surface area (Å²) in [6.45, 7) is 1.96. The van der Waals surface area contributed by atoms with Crippen molar-refractivity contribution in [2.45, 2.75) is 13.5 Å². The molecule has 0 radical (unpaired) electrons. The zero-order chi connectivity index (χ0) is 22.0. The maximum atomic E-state index is 12.5. The quantitative estimate of drug-likeness (QED) is 0.472. The molecular formula is C21H18ClN5O3S. The maximum absolute atomic E-state index is 12.5. The Bertz CT molecular complexity index is 1320. The maximum Gasteiger partial charge on any atom is 0.319 e. The predicted octanol–water partition coefficient (Wildman–Crippen LogP) is 4.11. The van der Waals surface area contributed by atoms with Crippen molar-refractivity contribution in [3.8, 4) is 16.3 Å². The Labute approximate surface area is 186 Å². The van der Waals surface area contributed by atoms with Crippen LogP contribution in [0.5, 0.6) is 5.75 Å². The monoisotopic (exact) mass is 455 g/mol. The number of rotatable bonds is 5. The molecule has 0 unspecified atom stereocenters. The minimum absolute atomic E-state index is 0.0902. The number of amides is 2. The topological polar surface area (TPSA) is 97.6 Å². The molecule has 0 saturated heterocycles. The number of urea groups is 1. The number of nitrogens with zero attached hydrogens (tertiary/aromatic N) is 3. The second-order valence-electron chi connectivity index (χ2n) is 6.68. The lowest BCUT2D eigenvalue weighted by Gasteiger charge is -2.10. The van der Waals surface area contributed by atoms with Crippen molar-refractivity contribution in [2.24, 2.45) is 0 Å². The van der Waals surface area contributed by atoms with Crippen LogP contribution in [-0.2, 0) is 6.54 Å². The van der Waals surface area contributed by atoms with Gasteiger partial charge in [0.1, 0.15) is 10.8 Å². The van der Waals surface area contributed by atoms with Gasteiger partial charge in [-0.3, -0.25) is 4.79 Å². The first kappa shape index (κ1) is 20.8. The number of carbonyl (C=O) groups is 1. The van der Waals surface area contributed by atoms with Gasteiger partial charge in [-0.25, -0.2) is 9.78 Å². The summed E-state index contributed by atoms with van der Waals surface area (Å²) in [5.41, 5.74) is 2.47. The van der Waals surface area contributed by atoms with Gasteiger partial charge in [0.05, 0.1) is 19.3 Å². The highest BCUT2D eigenvalue weighted by Crippen LogP contribution is 2.26. The van der Waals surface area contributed by atoms with E-state index >= 15 is 0 Å². The highest BCUT2D eigenvalue weighted by Gasteiger charge is 2.12. The summed E-state index contributed by atoms with van der Waals surface area (Å²) in [5.74, 6) is 0.736. The average molecular weight is 456 g/mol. The molecule has 31 heavy (non-hydrogen) atoms. The van der Waals surface area contributed by atoms with Crippen LogP contribution < -0.4 is 20.9 Å². The standard InChI is InChI=1S/C21H18ClN5O3S/c1-12-3-6-14(22)9-17(12)25-20(29)23-11-15-10-18(28)27-21(24-15)31-19(26-27)13-4-7-16(30-2)8-5-13/h3-10H,11H2,1-2H3,(H2,23,25,29). The molecule has 2 N–H and O–H groups in total. The van der Waals surface area contributed by atoms with Gasteiger partial charge in [-0.15, -0.1) is 0 Å². The molecule has 2 aromatic carbocycles. The normalized spacial score (nSPS) is 10.8. The van der Waals surface area contributed by atoms with Crippen LogP contribution in [0.15, 0.2) is 53.3 Å². The number of hydrogen-bond acceptors (Lipinski definition) is 6. The van der Waals surface area contributed by atoms with Crippen molar-refractivity contribution < 1.29 is 9.53 Å². The third-order valence-electron chi connectivity index (χ3n) is 4.51. The number of nitrogens with one attached hydrogen (secondary N) is 2. The third-order valence-corrected chi connectivity index (χ3v) is 5.71. The van der Waals surface area contributed by atoms with E-state index in [0.29, 0.717) is 26.4 Å². The molecule has 10 heteroatoms. The first-order valence-corrected chi connectivity index (χ1v) is 10.5. The third kappa shape index (κ3) is 4.68. The predicted molar refractivity (Wildman–Crippen MR) is 121 cm³/mol. The molecule has 0 bridgehead atoms. The first-order valence-electron chi connectivity index (χ1n) is 9.28. The van der Waals surface area contributed by atoms with Gasteiger partial charge < -0.3 is 15.4 Å². The van der Waals surface area contributed by atoms with Crippen molar-refractivity contribution in [2.75, 3.05) is 12.4 Å². The molecule has 0 aliphatic carbocycles. The number of aromatic nitrogens is 3. The van der Waals surface area contributed by atoms with Crippen LogP contribution in [0.25, 0.3) is 15.5 Å². The van der Waals surface area contributed by atoms with Crippen molar-refractivity contribution in [3.63, 3.8) is 0 Å². The number of benzene rings is 2. The van der Waals surface area contributed by atoms with E-state index in [0.717, 1.165) is 16.9 Å². The molecule has 2 heterocycles. The van der Waals surface area contributed by atoms with Gasteiger partial charge in [0.25, 0.3) is 5.56 Å². The summed E-state index contributed by atoms with van der Waals surface area (Å²) in [7, 11) is 1.60. The second-order valence-corrected chi connectivity index (χ2v) is 8.08. The van der Waals surface area contributed by atoms with Gasteiger partial charge in [0.2, 0.25) is 4.96 Å². The van der Waals surface area contributed by atoms with Crippen LogP contribution >= 0.6 is 22.9 Å². The number of methoxy groups -OCH3 is 1. The molecule has 0 aliphatic heterocycles. The van der Waals surface area contributed by atoms with Gasteiger partial charge >= 0.3 is 6.03 Å². The largest absolute Gasteiger partial charge is 0.497 e. The van der Waals surface area contributed by atoms with Gasteiger partial charge in [0, 0.05) is 22.3 Å². The van der Waals surface area contributed by atoms with Gasteiger partial charge in [-0.1, -0.05) is 29.0 Å². The summed E-state index contributed by atoms with van der Waals surface area (Å²) < 4.78 is 6.42. The molecule has 0 saturated carbocycles. The second kappa shape index (κ2) is 8.75. The van der Waals surface area contributed by atoms with Gasteiger partial charge in [-0.2, -0.15) is 9.61 Å². The molecule has 2 amide bonds. The highest BCUT2D eigenvalue weighted by molar-refractivity contribution is 7.19. The summed E-state index contributed by atoms with van der Waals surface area (Å²) in [6.07, 6.45) is 0. The van der Waals surface area contributed by atoms with E-state index in [2.05, 4.69) is 20.7 Å². The minimum atomic E-state index is -0.421. The number of carbonyl (C=O) groups excluding carboxylic acids is 1. The molecule has 2 aromatic heterocycles. The number of ether oxygens (including phenoxy) is 1. The Morgan fingerprint density at radius 2 is 1.97 bits per heavy atom. The Morgan fingerprint density at radius 1 is 1.19 bits per heavy atom. The van der Waals surface area contributed by atoms with Crippen molar-refractivity contribution in [3.05, 3.63) is 75.2 Å². The molecule has 4 aromatic rings. The lowest BCUT2D eigenvalue weighted by atomic mass is 10.2. The molecular weight excluding hydrogens is 438 g/mol. The van der Waals surface area contributed by atoms with E-state index < -0.39 is 6.03 Å². The number of aryl methyl sites for hydroxylation is 1. The summed E-state index contributed by atoms with van der Waals surface area (Å²) in [4.78, 5) is 29.6. The van der Waals surface area contributed by atoms with E-state index in [9.17, 15) is 9.59 Å². The van der Waals surface area contributed by atoms with Crippen molar-refractivity contribution in [1.82, 2.24) is 19.9 Å². The minimum Gasteiger partial charge on any atom is -0.497 e. The molecule has 0 atom stereocenters. The molecule has 4 rings (SSSR count). The number of halogens is 1. The molecule has 8 nitrogen and oxygen atoms in total. The number of hydrogen-bond donors (Lipinski definition) is 2. The summed E-state index contributed by atoms with van der Waals surface area (Å²) >= 11 is 7.27. The molecule has 0 spiro atoms. The van der Waals surface area contributed by atoms with Crippen LogP contribution in [-0.4, -0.2) is 27.7 Å². The van der Waals surface area contributed by atoms with Crippen LogP contribution in [0.1, 0.15) is 11.3 Å². The summed E-state index contributed by atoms with van der Waals surface area (Å²) in [6, 6.07) is 13.6. The van der Waals surface area contributed by atoms with Crippen molar-refractivity contribution in [1.29, 1.82) is 0 Å². The lowest BCUT2D eigenvalue weighted by molar-refractivity contribution is 0.251. The number of fused-ring (bicyclic) bond motifs is 1. The van der Waals surface area contributed by atoms with E-state index in [1.54, 1.807) is 19.2 Å².